The molecule has 0 saturated heterocycles. The fraction of sp³-hybridized carbons (Fsp3) is 0.400. The highest BCUT2D eigenvalue weighted by Gasteiger charge is 2.00. The number of carboxylic acid groups (broad SMARTS) is 1. The Balaban J connectivity index is 2.48. The van der Waals surface area contributed by atoms with Crippen LogP contribution in [0.3, 0.4) is 0 Å². The normalized spacial score (nSPS) is 11.7. The lowest BCUT2D eigenvalue weighted by Crippen LogP contribution is -2.15. The monoisotopic (exact) mass is 263 g/mol. The zero-order chi connectivity index (χ0) is 14.3. The van der Waals surface area contributed by atoms with Crippen LogP contribution in [-0.2, 0) is 4.79 Å². The zero-order valence-corrected chi connectivity index (χ0v) is 11.7. The third kappa shape index (κ3) is 6.06. The summed E-state index contributed by atoms with van der Waals surface area (Å²) < 4.78 is 5.60. The van der Waals surface area contributed by atoms with Gasteiger partial charge >= 0.3 is 5.97 Å². The number of aliphatic carboxylic acids is 1. The number of rotatable bonds is 7. The molecule has 0 aliphatic heterocycles. The Labute approximate surface area is 114 Å². The molecule has 0 atom stereocenters. The van der Waals surface area contributed by atoms with Crippen molar-refractivity contribution in [2.24, 2.45) is 0 Å². The van der Waals surface area contributed by atoms with E-state index in [0.717, 1.165) is 24.3 Å². The second-order valence-electron chi connectivity index (χ2n) is 4.71. The molecule has 0 aliphatic rings. The molecule has 1 aromatic rings. The van der Waals surface area contributed by atoms with Crippen molar-refractivity contribution in [3.63, 3.8) is 0 Å². The van der Waals surface area contributed by atoms with Gasteiger partial charge < -0.3 is 14.7 Å². The summed E-state index contributed by atoms with van der Waals surface area (Å²) in [6.07, 6.45) is 2.62. The van der Waals surface area contributed by atoms with Gasteiger partial charge in [0.1, 0.15) is 5.75 Å². The number of carboxylic acids is 1. The summed E-state index contributed by atoms with van der Waals surface area (Å²) >= 11 is 0. The Bertz CT molecular complexity index is 435. The van der Waals surface area contributed by atoms with E-state index in [4.69, 9.17) is 9.84 Å². The van der Waals surface area contributed by atoms with Crippen LogP contribution in [0.5, 0.6) is 5.75 Å². The van der Waals surface area contributed by atoms with Gasteiger partial charge in [-0.25, -0.2) is 4.79 Å². The molecule has 0 spiro atoms. The van der Waals surface area contributed by atoms with E-state index in [9.17, 15) is 4.79 Å². The van der Waals surface area contributed by atoms with Crippen molar-refractivity contribution in [1.29, 1.82) is 0 Å². The summed E-state index contributed by atoms with van der Waals surface area (Å²) in [5, 5.41) is 8.79. The van der Waals surface area contributed by atoms with Gasteiger partial charge in [-0.2, -0.15) is 0 Å². The zero-order valence-electron chi connectivity index (χ0n) is 11.7. The quantitative estimate of drug-likeness (QED) is 0.606. The molecule has 1 rings (SSSR count). The lowest BCUT2D eigenvalue weighted by molar-refractivity contribution is -0.132. The molecule has 0 saturated carbocycles. The predicted octanol–water partition coefficient (Wildman–Crippen LogP) is 2.50. The fourth-order valence-corrected chi connectivity index (χ4v) is 1.54. The second kappa shape index (κ2) is 7.59. The maximum Gasteiger partial charge on any atom is 0.331 e. The molecule has 1 N–H and O–H groups in total. The van der Waals surface area contributed by atoms with Crippen LogP contribution in [0, 0.1) is 0 Å². The van der Waals surface area contributed by atoms with Crippen LogP contribution < -0.4 is 4.74 Å². The average Bonchev–Trinajstić information content (AvgIpc) is 2.36. The molecule has 0 aliphatic carbocycles. The molecule has 0 unspecified atom stereocenters. The van der Waals surface area contributed by atoms with Crippen LogP contribution in [0.1, 0.15) is 18.9 Å². The Morgan fingerprint density at radius 3 is 2.47 bits per heavy atom. The van der Waals surface area contributed by atoms with Gasteiger partial charge in [-0.3, -0.25) is 0 Å². The van der Waals surface area contributed by atoms with E-state index < -0.39 is 5.97 Å². The molecule has 0 aromatic heterocycles. The van der Waals surface area contributed by atoms with Crippen molar-refractivity contribution in [3.8, 4) is 5.75 Å². The summed E-state index contributed by atoms with van der Waals surface area (Å²) in [5.74, 6) is -0.0899. The van der Waals surface area contributed by atoms with Gasteiger partial charge in [0, 0.05) is 12.1 Å². The second-order valence-corrected chi connectivity index (χ2v) is 4.71. The Hall–Kier alpha value is -1.81. The van der Waals surface area contributed by atoms with Crippen LogP contribution in [0.2, 0.25) is 0 Å². The summed E-state index contributed by atoms with van der Waals surface area (Å²) in [4.78, 5) is 12.8. The first-order chi connectivity index (χ1) is 8.99. The first-order valence-corrected chi connectivity index (χ1v) is 6.28. The lowest BCUT2D eigenvalue weighted by Gasteiger charge is -2.10. The van der Waals surface area contributed by atoms with Crippen molar-refractivity contribution in [2.45, 2.75) is 13.3 Å². The number of hydrogen-bond donors (Lipinski definition) is 1. The molecule has 0 radical (unpaired) electrons. The smallest absolute Gasteiger partial charge is 0.331 e. The van der Waals surface area contributed by atoms with E-state index in [-0.39, 0.29) is 0 Å². The topological polar surface area (TPSA) is 49.8 Å². The van der Waals surface area contributed by atoms with Crippen LogP contribution >= 0.6 is 0 Å². The largest absolute Gasteiger partial charge is 0.494 e. The Morgan fingerprint density at radius 1 is 1.32 bits per heavy atom. The van der Waals surface area contributed by atoms with E-state index in [1.165, 1.54) is 0 Å². The summed E-state index contributed by atoms with van der Waals surface area (Å²) in [6, 6.07) is 7.43. The molecule has 0 heterocycles. The van der Waals surface area contributed by atoms with Gasteiger partial charge in [-0.05, 0) is 51.2 Å². The Morgan fingerprint density at radius 2 is 1.95 bits per heavy atom. The fourth-order valence-electron chi connectivity index (χ4n) is 1.54. The van der Waals surface area contributed by atoms with E-state index in [1.807, 2.05) is 38.4 Å². The van der Waals surface area contributed by atoms with E-state index in [0.29, 0.717) is 12.2 Å². The van der Waals surface area contributed by atoms with Gasteiger partial charge in [-0.15, -0.1) is 0 Å². The molecule has 0 amide bonds. The minimum atomic E-state index is -0.899. The van der Waals surface area contributed by atoms with Gasteiger partial charge in [0.25, 0.3) is 0 Å². The molecule has 104 valence electrons. The van der Waals surface area contributed by atoms with Gasteiger partial charge in [0.2, 0.25) is 0 Å². The minimum absolute atomic E-state index is 0.319. The van der Waals surface area contributed by atoms with Crippen molar-refractivity contribution < 1.29 is 14.6 Å². The molecule has 19 heavy (non-hydrogen) atoms. The molecular weight excluding hydrogens is 242 g/mol. The maximum atomic E-state index is 10.7. The van der Waals surface area contributed by atoms with E-state index >= 15 is 0 Å². The van der Waals surface area contributed by atoms with Crippen molar-refractivity contribution >= 4 is 12.0 Å². The number of hydrogen-bond acceptors (Lipinski definition) is 3. The number of ether oxygens (including phenoxy) is 1. The highest BCUT2D eigenvalue weighted by Crippen LogP contribution is 2.14. The summed E-state index contributed by atoms with van der Waals surface area (Å²) in [6.45, 7) is 3.26. The summed E-state index contributed by atoms with van der Waals surface area (Å²) in [5.41, 5.74) is 1.18. The highest BCUT2D eigenvalue weighted by atomic mass is 16.5. The maximum absolute atomic E-state index is 10.7. The SMILES string of the molecule is CC(=Cc1ccc(OCCCN(C)C)cc1)C(=O)O. The predicted molar refractivity (Wildman–Crippen MR) is 76.4 cm³/mol. The van der Waals surface area contributed by atoms with Crippen LogP contribution in [0.4, 0.5) is 0 Å². The average molecular weight is 263 g/mol. The first-order valence-electron chi connectivity index (χ1n) is 6.28. The number of carbonyl (C=O) groups is 1. The first kappa shape index (κ1) is 15.2. The van der Waals surface area contributed by atoms with E-state index in [1.54, 1.807) is 13.0 Å². The third-order valence-corrected chi connectivity index (χ3v) is 2.62. The van der Waals surface area contributed by atoms with E-state index in [2.05, 4.69) is 4.90 Å². The molecular formula is C15H21NO3. The third-order valence-electron chi connectivity index (χ3n) is 2.62. The Kier molecular flexibility index (Phi) is 6.09. The molecule has 4 nitrogen and oxygen atoms in total. The standard InChI is InChI=1S/C15H21NO3/c1-12(15(17)18)11-13-5-7-14(8-6-13)19-10-4-9-16(2)3/h5-8,11H,4,9-10H2,1-3H3,(H,17,18). The number of benzene rings is 1. The van der Waals surface area contributed by atoms with Crippen LogP contribution in [0.25, 0.3) is 6.08 Å². The highest BCUT2D eigenvalue weighted by molar-refractivity contribution is 5.91. The molecule has 0 bridgehead atoms. The van der Waals surface area contributed by atoms with Gasteiger partial charge in [-0.1, -0.05) is 12.1 Å². The molecule has 1 aromatic carbocycles. The van der Waals surface area contributed by atoms with Crippen LogP contribution in [-0.4, -0.2) is 43.2 Å². The van der Waals surface area contributed by atoms with Gasteiger partial charge in [0.05, 0.1) is 6.61 Å². The van der Waals surface area contributed by atoms with Crippen LogP contribution in [0.15, 0.2) is 29.8 Å². The minimum Gasteiger partial charge on any atom is -0.494 e. The van der Waals surface area contributed by atoms with Gasteiger partial charge in [0.15, 0.2) is 0 Å². The lowest BCUT2D eigenvalue weighted by atomic mass is 10.1. The number of nitrogens with zero attached hydrogens (tertiary/aromatic N) is 1. The molecule has 4 heteroatoms. The van der Waals surface area contributed by atoms with Crippen molar-refractivity contribution in [2.75, 3.05) is 27.2 Å². The van der Waals surface area contributed by atoms with Crippen molar-refractivity contribution in [3.05, 3.63) is 35.4 Å². The molecule has 0 fully saturated rings. The van der Waals surface area contributed by atoms with Crippen molar-refractivity contribution in [1.82, 2.24) is 4.90 Å². The summed E-state index contributed by atoms with van der Waals surface area (Å²) in [7, 11) is 4.07.